The van der Waals surface area contributed by atoms with Gasteiger partial charge in [-0.05, 0) is 53.9 Å². The summed E-state index contributed by atoms with van der Waals surface area (Å²) in [7, 11) is 0. The van der Waals surface area contributed by atoms with Crippen LogP contribution >= 0.6 is 0 Å². The van der Waals surface area contributed by atoms with Crippen LogP contribution in [0, 0.1) is 0 Å². The van der Waals surface area contributed by atoms with Crippen molar-refractivity contribution in [3.05, 3.63) is 72.3 Å². The summed E-state index contributed by atoms with van der Waals surface area (Å²) < 4.78 is 5.85. The number of ether oxygens (including phenoxy) is 1. The number of rotatable bonds is 13. The highest BCUT2D eigenvalue weighted by Crippen LogP contribution is 2.24. The van der Waals surface area contributed by atoms with Crippen LogP contribution in [-0.4, -0.2) is 12.6 Å². The Morgan fingerprint density at radius 3 is 2.24 bits per heavy atom. The maximum atomic E-state index is 12.5. The highest BCUT2D eigenvalue weighted by molar-refractivity contribution is 5.91. The van der Waals surface area contributed by atoms with Crippen molar-refractivity contribution in [1.82, 2.24) is 5.32 Å². The van der Waals surface area contributed by atoms with Crippen molar-refractivity contribution >= 4 is 22.5 Å². The Kier molecular flexibility index (Phi) is 10.1. The van der Waals surface area contributed by atoms with Crippen molar-refractivity contribution in [3.8, 4) is 5.75 Å². The second-order valence-corrected chi connectivity index (χ2v) is 8.74. The van der Waals surface area contributed by atoms with Gasteiger partial charge in [-0.2, -0.15) is 0 Å². The van der Waals surface area contributed by atoms with Gasteiger partial charge in [-0.3, -0.25) is 0 Å². The first-order valence-corrected chi connectivity index (χ1v) is 12.5. The molecule has 4 nitrogen and oxygen atoms in total. The summed E-state index contributed by atoms with van der Waals surface area (Å²) in [6.07, 6.45) is 10.3. The lowest BCUT2D eigenvalue weighted by Crippen LogP contribution is -2.31. The highest BCUT2D eigenvalue weighted by atomic mass is 16.5. The largest absolute Gasteiger partial charge is 0.494 e. The third-order valence-electron chi connectivity index (χ3n) is 6.02. The first-order valence-electron chi connectivity index (χ1n) is 12.5. The minimum absolute atomic E-state index is 0.106. The minimum atomic E-state index is -0.219. The van der Waals surface area contributed by atoms with Gasteiger partial charge in [-0.25, -0.2) is 4.79 Å². The molecule has 33 heavy (non-hydrogen) atoms. The Morgan fingerprint density at radius 2 is 1.48 bits per heavy atom. The molecule has 2 amide bonds. The number of amides is 2. The maximum Gasteiger partial charge on any atom is 0.319 e. The lowest BCUT2D eigenvalue weighted by molar-refractivity contribution is 0.249. The molecule has 0 aliphatic carbocycles. The number of unbranched alkanes of at least 4 members (excludes halogenated alkanes) is 7. The number of anilines is 1. The molecule has 0 heterocycles. The Balaban J connectivity index is 1.38. The SMILES string of the molecule is CCCCCCCCCCOc1ccc(NC(=O)NC(C)c2cccc3ccccc23)cc1. The molecular formula is C29H38N2O2. The van der Waals surface area contributed by atoms with Gasteiger partial charge in [0.25, 0.3) is 0 Å². The lowest BCUT2D eigenvalue weighted by atomic mass is 10.00. The minimum Gasteiger partial charge on any atom is -0.494 e. The molecule has 0 radical (unpaired) electrons. The highest BCUT2D eigenvalue weighted by Gasteiger charge is 2.12. The quantitative estimate of drug-likeness (QED) is 0.260. The van der Waals surface area contributed by atoms with Gasteiger partial charge >= 0.3 is 6.03 Å². The number of carbonyl (C=O) groups excluding carboxylic acids is 1. The van der Waals surface area contributed by atoms with E-state index in [1.807, 2.05) is 49.4 Å². The van der Waals surface area contributed by atoms with Gasteiger partial charge in [0.2, 0.25) is 0 Å². The van der Waals surface area contributed by atoms with Gasteiger partial charge in [-0.15, -0.1) is 0 Å². The molecule has 3 rings (SSSR count). The van der Waals surface area contributed by atoms with E-state index in [1.165, 1.54) is 50.3 Å². The molecule has 0 aliphatic rings. The molecule has 0 saturated heterocycles. The van der Waals surface area contributed by atoms with Crippen LogP contribution in [0.15, 0.2) is 66.7 Å². The average Bonchev–Trinajstić information content (AvgIpc) is 2.83. The van der Waals surface area contributed by atoms with Crippen molar-refractivity contribution in [2.24, 2.45) is 0 Å². The second kappa shape index (κ2) is 13.5. The van der Waals surface area contributed by atoms with Gasteiger partial charge in [0.1, 0.15) is 5.75 Å². The number of carbonyl (C=O) groups is 1. The molecule has 0 spiro atoms. The molecule has 3 aromatic rings. The molecular weight excluding hydrogens is 408 g/mol. The van der Waals surface area contributed by atoms with Crippen LogP contribution in [-0.2, 0) is 0 Å². The third kappa shape index (κ3) is 8.12. The van der Waals surface area contributed by atoms with E-state index >= 15 is 0 Å². The summed E-state index contributed by atoms with van der Waals surface area (Å²) in [5.74, 6) is 0.841. The third-order valence-corrected chi connectivity index (χ3v) is 6.02. The van der Waals surface area contributed by atoms with Gasteiger partial charge < -0.3 is 15.4 Å². The lowest BCUT2D eigenvalue weighted by Gasteiger charge is -2.17. The molecule has 0 fully saturated rings. The molecule has 1 atom stereocenters. The Bertz CT molecular complexity index is 979. The van der Waals surface area contributed by atoms with Gasteiger partial charge in [-0.1, -0.05) is 94.3 Å². The van der Waals surface area contributed by atoms with Crippen LogP contribution in [0.2, 0.25) is 0 Å². The standard InChI is InChI=1S/C29H38N2O2/c1-3-4-5-6-7-8-9-12-22-33-26-20-18-25(19-21-26)31-29(32)30-23(2)27-17-13-15-24-14-10-11-16-28(24)27/h10-11,13-21,23H,3-9,12,22H2,1-2H3,(H2,30,31,32). The zero-order valence-electron chi connectivity index (χ0n) is 20.1. The molecule has 176 valence electrons. The number of urea groups is 1. The number of benzene rings is 3. The van der Waals surface area contributed by atoms with Crippen LogP contribution < -0.4 is 15.4 Å². The Labute approximate surface area is 198 Å². The topological polar surface area (TPSA) is 50.4 Å². The molecule has 0 saturated carbocycles. The van der Waals surface area contributed by atoms with E-state index < -0.39 is 0 Å². The summed E-state index contributed by atoms with van der Waals surface area (Å²) in [6.45, 7) is 5.00. The van der Waals surface area contributed by atoms with Gasteiger partial charge in [0.05, 0.1) is 12.6 Å². The molecule has 0 bridgehead atoms. The van der Waals surface area contributed by atoms with E-state index in [0.717, 1.165) is 35.4 Å². The molecule has 0 aromatic heterocycles. The molecule has 0 aliphatic heterocycles. The average molecular weight is 447 g/mol. The van der Waals surface area contributed by atoms with Crippen LogP contribution in [0.5, 0.6) is 5.75 Å². The second-order valence-electron chi connectivity index (χ2n) is 8.74. The first-order chi connectivity index (χ1) is 16.2. The van der Waals surface area contributed by atoms with Crippen molar-refractivity contribution in [3.63, 3.8) is 0 Å². The predicted octanol–water partition coefficient (Wildman–Crippen LogP) is 8.24. The fraction of sp³-hybridized carbons (Fsp3) is 0.414. The number of nitrogens with one attached hydrogen (secondary N) is 2. The maximum absolute atomic E-state index is 12.5. The number of fused-ring (bicyclic) bond motifs is 1. The van der Waals surface area contributed by atoms with Crippen molar-refractivity contribution < 1.29 is 9.53 Å². The molecule has 2 N–H and O–H groups in total. The Morgan fingerprint density at radius 1 is 0.818 bits per heavy atom. The van der Waals surface area contributed by atoms with Crippen LogP contribution in [0.4, 0.5) is 10.5 Å². The Hall–Kier alpha value is -3.01. The summed E-state index contributed by atoms with van der Waals surface area (Å²) in [5.41, 5.74) is 1.85. The summed E-state index contributed by atoms with van der Waals surface area (Å²) in [6, 6.07) is 21.7. The number of hydrogen-bond acceptors (Lipinski definition) is 2. The summed E-state index contributed by atoms with van der Waals surface area (Å²) in [5, 5.41) is 8.29. The summed E-state index contributed by atoms with van der Waals surface area (Å²) >= 11 is 0. The molecule has 3 aromatic carbocycles. The van der Waals surface area contributed by atoms with Gasteiger partial charge in [0.15, 0.2) is 0 Å². The van der Waals surface area contributed by atoms with E-state index in [1.54, 1.807) is 0 Å². The van der Waals surface area contributed by atoms with Gasteiger partial charge in [0, 0.05) is 5.69 Å². The fourth-order valence-electron chi connectivity index (χ4n) is 4.13. The predicted molar refractivity (Wildman–Crippen MR) is 139 cm³/mol. The van der Waals surface area contributed by atoms with Crippen molar-refractivity contribution in [2.75, 3.05) is 11.9 Å². The van der Waals surface area contributed by atoms with Crippen molar-refractivity contribution in [1.29, 1.82) is 0 Å². The van der Waals surface area contributed by atoms with E-state index in [4.69, 9.17) is 4.74 Å². The van der Waals surface area contributed by atoms with Crippen LogP contribution in [0.1, 0.15) is 76.8 Å². The number of hydrogen-bond donors (Lipinski definition) is 2. The fourth-order valence-corrected chi connectivity index (χ4v) is 4.13. The normalized spacial score (nSPS) is 11.8. The van der Waals surface area contributed by atoms with E-state index in [2.05, 4.69) is 41.8 Å². The first kappa shape index (κ1) is 24.6. The molecule has 1 unspecified atom stereocenters. The summed E-state index contributed by atoms with van der Waals surface area (Å²) in [4.78, 5) is 12.5. The smallest absolute Gasteiger partial charge is 0.319 e. The molecule has 4 heteroatoms. The zero-order chi connectivity index (χ0) is 23.3. The van der Waals surface area contributed by atoms with Crippen LogP contribution in [0.25, 0.3) is 10.8 Å². The van der Waals surface area contributed by atoms with Crippen molar-refractivity contribution in [2.45, 2.75) is 71.3 Å². The van der Waals surface area contributed by atoms with E-state index in [0.29, 0.717) is 0 Å². The van der Waals surface area contributed by atoms with Crippen LogP contribution in [0.3, 0.4) is 0 Å². The monoisotopic (exact) mass is 446 g/mol. The van der Waals surface area contributed by atoms with E-state index in [-0.39, 0.29) is 12.1 Å². The zero-order valence-corrected chi connectivity index (χ0v) is 20.1. The van der Waals surface area contributed by atoms with E-state index in [9.17, 15) is 4.79 Å².